The van der Waals surface area contributed by atoms with Crippen LogP contribution < -0.4 is 15.4 Å². The fourth-order valence-electron chi connectivity index (χ4n) is 2.53. The molecule has 0 bridgehead atoms. The van der Waals surface area contributed by atoms with E-state index >= 15 is 0 Å². The minimum Gasteiger partial charge on any atom is -0.494 e. The summed E-state index contributed by atoms with van der Waals surface area (Å²) in [5.74, 6) is 1.63. The van der Waals surface area contributed by atoms with Crippen molar-refractivity contribution in [3.63, 3.8) is 0 Å². The molecule has 110 valence electrons. The van der Waals surface area contributed by atoms with Gasteiger partial charge in [0.1, 0.15) is 5.75 Å². The number of anilines is 1. The Hall–Kier alpha value is -1.55. The Morgan fingerprint density at radius 1 is 1.30 bits per heavy atom. The first-order valence-corrected chi connectivity index (χ1v) is 7.51. The molecule has 0 atom stereocenters. The molecule has 4 nitrogen and oxygen atoms in total. The van der Waals surface area contributed by atoms with Crippen molar-refractivity contribution in [3.05, 3.63) is 24.3 Å². The summed E-state index contributed by atoms with van der Waals surface area (Å²) in [5, 5.41) is 6.29. The lowest BCUT2D eigenvalue weighted by molar-refractivity contribution is -0.116. The van der Waals surface area contributed by atoms with Crippen LogP contribution in [-0.4, -0.2) is 25.6 Å². The van der Waals surface area contributed by atoms with E-state index in [1.54, 1.807) is 0 Å². The van der Waals surface area contributed by atoms with Crippen molar-refractivity contribution >= 4 is 11.6 Å². The van der Waals surface area contributed by atoms with E-state index in [9.17, 15) is 4.79 Å². The molecule has 1 aliphatic rings. The molecule has 1 aliphatic heterocycles. The number of nitrogens with one attached hydrogen (secondary N) is 2. The molecule has 4 heteroatoms. The van der Waals surface area contributed by atoms with E-state index in [4.69, 9.17) is 4.74 Å². The highest BCUT2D eigenvalue weighted by Gasteiger charge is 2.14. The molecule has 0 radical (unpaired) electrons. The summed E-state index contributed by atoms with van der Waals surface area (Å²) in [6.45, 7) is 4.79. The highest BCUT2D eigenvalue weighted by molar-refractivity contribution is 5.90. The van der Waals surface area contributed by atoms with Gasteiger partial charge in [-0.15, -0.1) is 0 Å². The number of hydrogen-bond acceptors (Lipinski definition) is 3. The van der Waals surface area contributed by atoms with Gasteiger partial charge in [0.05, 0.1) is 6.61 Å². The summed E-state index contributed by atoms with van der Waals surface area (Å²) in [7, 11) is 0. The maximum atomic E-state index is 11.9. The van der Waals surface area contributed by atoms with Gasteiger partial charge in [0.2, 0.25) is 5.91 Å². The monoisotopic (exact) mass is 276 g/mol. The van der Waals surface area contributed by atoms with Crippen molar-refractivity contribution in [2.75, 3.05) is 25.0 Å². The molecule has 2 N–H and O–H groups in total. The molecule has 20 heavy (non-hydrogen) atoms. The minimum absolute atomic E-state index is 0.104. The van der Waals surface area contributed by atoms with Gasteiger partial charge < -0.3 is 15.4 Å². The van der Waals surface area contributed by atoms with Crippen LogP contribution in [0.3, 0.4) is 0 Å². The molecule has 0 spiro atoms. The number of carbonyl (C=O) groups is 1. The maximum absolute atomic E-state index is 11.9. The first-order chi connectivity index (χ1) is 9.78. The van der Waals surface area contributed by atoms with Gasteiger partial charge in [0, 0.05) is 12.1 Å². The van der Waals surface area contributed by atoms with Crippen LogP contribution in [0.5, 0.6) is 5.75 Å². The van der Waals surface area contributed by atoms with Gasteiger partial charge in [-0.25, -0.2) is 0 Å². The Kier molecular flexibility index (Phi) is 5.87. The molecule has 1 aromatic carbocycles. The molecule has 1 fully saturated rings. The molecule has 0 saturated carbocycles. The lowest BCUT2D eigenvalue weighted by atomic mass is 9.93. The van der Waals surface area contributed by atoms with Crippen molar-refractivity contribution in [3.8, 4) is 5.75 Å². The number of rotatable bonds is 6. The van der Waals surface area contributed by atoms with Crippen LogP contribution in [0.25, 0.3) is 0 Å². The summed E-state index contributed by atoms with van der Waals surface area (Å²) in [6.07, 6.45) is 3.98. The molecule has 0 aliphatic carbocycles. The van der Waals surface area contributed by atoms with Crippen LogP contribution >= 0.6 is 0 Å². The number of benzene rings is 1. The summed E-state index contributed by atoms with van der Waals surface area (Å²) in [5.41, 5.74) is 0.837. The topological polar surface area (TPSA) is 50.4 Å². The molecule has 1 heterocycles. The Morgan fingerprint density at radius 3 is 2.65 bits per heavy atom. The maximum Gasteiger partial charge on any atom is 0.224 e. The zero-order valence-corrected chi connectivity index (χ0v) is 12.2. The second-order valence-electron chi connectivity index (χ2n) is 5.24. The van der Waals surface area contributed by atoms with Crippen molar-refractivity contribution in [1.82, 2.24) is 5.32 Å². The number of piperidine rings is 1. The fraction of sp³-hybridized carbons (Fsp3) is 0.562. The van der Waals surface area contributed by atoms with Gasteiger partial charge in [-0.3, -0.25) is 4.79 Å². The Morgan fingerprint density at radius 2 is 2.00 bits per heavy atom. The predicted molar refractivity (Wildman–Crippen MR) is 81.1 cm³/mol. The van der Waals surface area contributed by atoms with Gasteiger partial charge in [-0.1, -0.05) is 0 Å². The van der Waals surface area contributed by atoms with Gasteiger partial charge in [0.15, 0.2) is 0 Å². The van der Waals surface area contributed by atoms with Crippen molar-refractivity contribution in [2.45, 2.75) is 32.6 Å². The largest absolute Gasteiger partial charge is 0.494 e. The van der Waals surface area contributed by atoms with E-state index in [1.165, 1.54) is 12.8 Å². The number of amides is 1. The number of hydrogen-bond donors (Lipinski definition) is 2. The predicted octanol–water partition coefficient (Wildman–Crippen LogP) is 2.80. The van der Waals surface area contributed by atoms with E-state index in [1.807, 2.05) is 31.2 Å². The van der Waals surface area contributed by atoms with Gasteiger partial charge in [0.25, 0.3) is 0 Å². The lowest BCUT2D eigenvalue weighted by Crippen LogP contribution is -2.28. The van der Waals surface area contributed by atoms with E-state index in [0.717, 1.165) is 30.9 Å². The highest BCUT2D eigenvalue weighted by atomic mass is 16.5. The molecule has 2 rings (SSSR count). The van der Waals surface area contributed by atoms with E-state index < -0.39 is 0 Å². The summed E-state index contributed by atoms with van der Waals surface area (Å²) in [6, 6.07) is 7.53. The molecule has 1 aromatic rings. The SMILES string of the molecule is CCOc1ccc(NC(=O)CCC2CCNCC2)cc1. The Balaban J connectivity index is 1.73. The van der Waals surface area contributed by atoms with Crippen LogP contribution in [0.4, 0.5) is 5.69 Å². The fourth-order valence-corrected chi connectivity index (χ4v) is 2.53. The van der Waals surface area contributed by atoms with E-state index in [-0.39, 0.29) is 5.91 Å². The molecule has 1 saturated heterocycles. The zero-order valence-electron chi connectivity index (χ0n) is 12.2. The second-order valence-corrected chi connectivity index (χ2v) is 5.24. The van der Waals surface area contributed by atoms with Crippen molar-refractivity contribution in [2.24, 2.45) is 5.92 Å². The summed E-state index contributed by atoms with van der Waals surface area (Å²) >= 11 is 0. The third-order valence-corrected chi connectivity index (χ3v) is 3.69. The van der Waals surface area contributed by atoms with E-state index in [2.05, 4.69) is 10.6 Å². The quantitative estimate of drug-likeness (QED) is 0.840. The summed E-state index contributed by atoms with van der Waals surface area (Å²) in [4.78, 5) is 11.9. The summed E-state index contributed by atoms with van der Waals surface area (Å²) < 4.78 is 5.37. The van der Waals surface area contributed by atoms with Gasteiger partial charge >= 0.3 is 0 Å². The van der Waals surface area contributed by atoms with Crippen LogP contribution in [-0.2, 0) is 4.79 Å². The molecule has 1 amide bonds. The third kappa shape index (κ3) is 4.85. The van der Waals surface area contributed by atoms with Crippen LogP contribution in [0.1, 0.15) is 32.6 Å². The third-order valence-electron chi connectivity index (χ3n) is 3.69. The first kappa shape index (κ1) is 14.9. The molecule has 0 unspecified atom stereocenters. The number of carbonyl (C=O) groups excluding carboxylic acids is 1. The highest BCUT2D eigenvalue weighted by Crippen LogP contribution is 2.19. The molecular weight excluding hydrogens is 252 g/mol. The van der Waals surface area contributed by atoms with Crippen LogP contribution in [0.2, 0.25) is 0 Å². The Bertz CT molecular complexity index is 411. The van der Waals surface area contributed by atoms with Crippen LogP contribution in [0, 0.1) is 5.92 Å². The lowest BCUT2D eigenvalue weighted by Gasteiger charge is -2.22. The van der Waals surface area contributed by atoms with Crippen LogP contribution in [0.15, 0.2) is 24.3 Å². The second kappa shape index (κ2) is 7.90. The van der Waals surface area contributed by atoms with Gasteiger partial charge in [-0.05, 0) is 69.5 Å². The van der Waals surface area contributed by atoms with Crippen molar-refractivity contribution in [1.29, 1.82) is 0 Å². The molecule has 0 aromatic heterocycles. The minimum atomic E-state index is 0.104. The first-order valence-electron chi connectivity index (χ1n) is 7.51. The van der Waals surface area contributed by atoms with E-state index in [0.29, 0.717) is 18.9 Å². The molecular formula is C16H24N2O2. The smallest absolute Gasteiger partial charge is 0.224 e. The average Bonchev–Trinajstić information content (AvgIpc) is 2.49. The normalized spacial score (nSPS) is 15.8. The van der Waals surface area contributed by atoms with Gasteiger partial charge in [-0.2, -0.15) is 0 Å². The van der Waals surface area contributed by atoms with Crippen molar-refractivity contribution < 1.29 is 9.53 Å². The Labute approximate surface area is 120 Å². The average molecular weight is 276 g/mol. The number of ether oxygens (including phenoxy) is 1. The standard InChI is InChI=1S/C16H24N2O2/c1-2-20-15-6-4-14(5-7-15)18-16(19)8-3-13-9-11-17-12-10-13/h4-7,13,17H,2-3,8-12H2,1H3,(H,18,19). The zero-order chi connectivity index (χ0) is 14.2.